The summed E-state index contributed by atoms with van der Waals surface area (Å²) in [5, 5.41) is 11.7. The van der Waals surface area contributed by atoms with Crippen molar-refractivity contribution in [2.45, 2.75) is 6.54 Å². The summed E-state index contributed by atoms with van der Waals surface area (Å²) in [6.45, 7) is 0.434. The molecule has 2 aromatic rings. The molecule has 1 heterocycles. The first-order chi connectivity index (χ1) is 9.16. The Labute approximate surface area is 115 Å². The van der Waals surface area contributed by atoms with Crippen molar-refractivity contribution in [3.8, 4) is 0 Å². The van der Waals surface area contributed by atoms with Crippen molar-refractivity contribution in [1.29, 1.82) is 0 Å². The maximum atomic E-state index is 11.7. The molecule has 0 atom stereocenters. The average molecular weight is 275 g/mol. The molecule has 2 rings (SSSR count). The predicted octanol–water partition coefficient (Wildman–Crippen LogP) is 1.37. The molecule has 0 fully saturated rings. The molecule has 0 bridgehead atoms. The zero-order chi connectivity index (χ0) is 13.7. The molecule has 5 N–H and O–H groups in total. The lowest BCUT2D eigenvalue weighted by atomic mass is 10.2. The van der Waals surface area contributed by atoms with Crippen LogP contribution in [0.4, 0.5) is 10.6 Å². The first-order valence-corrected chi connectivity index (χ1v) is 5.99. The van der Waals surface area contributed by atoms with Crippen molar-refractivity contribution in [3.63, 3.8) is 0 Å². The number of thiocarbonyl (C=S) groups is 1. The molecule has 0 unspecified atom stereocenters. The molecule has 19 heavy (non-hydrogen) atoms. The zero-order valence-electron chi connectivity index (χ0n) is 10.0. The molecule has 1 aromatic heterocycles. The molecular weight excluding hydrogens is 262 g/mol. The number of urea groups is 1. The third-order valence-corrected chi connectivity index (χ3v) is 2.66. The van der Waals surface area contributed by atoms with E-state index in [9.17, 15) is 4.79 Å². The van der Waals surface area contributed by atoms with Crippen LogP contribution >= 0.6 is 12.2 Å². The van der Waals surface area contributed by atoms with E-state index in [0.29, 0.717) is 17.9 Å². The molecule has 0 aliphatic carbocycles. The molecule has 98 valence electrons. The standard InChI is InChI=1S/C12H13N5OS/c13-10(19)9-7-15-17-11(9)16-12(18)14-6-8-4-2-1-3-5-8/h1-5,7H,6H2,(H2,13,19)(H3,14,15,16,17,18). The summed E-state index contributed by atoms with van der Waals surface area (Å²) in [5.41, 5.74) is 7.01. The minimum Gasteiger partial charge on any atom is -0.389 e. The summed E-state index contributed by atoms with van der Waals surface area (Å²) in [4.78, 5) is 11.9. The lowest BCUT2D eigenvalue weighted by molar-refractivity contribution is 0.251. The first kappa shape index (κ1) is 13.0. The number of hydrogen-bond donors (Lipinski definition) is 4. The molecular formula is C12H13N5OS. The van der Waals surface area contributed by atoms with E-state index in [1.54, 1.807) is 0 Å². The number of benzene rings is 1. The highest BCUT2D eigenvalue weighted by Crippen LogP contribution is 2.10. The van der Waals surface area contributed by atoms with E-state index < -0.39 is 0 Å². The van der Waals surface area contributed by atoms with Crippen LogP contribution in [-0.2, 0) is 6.54 Å². The number of carbonyl (C=O) groups is 1. The fourth-order valence-electron chi connectivity index (χ4n) is 1.50. The smallest absolute Gasteiger partial charge is 0.320 e. The summed E-state index contributed by atoms with van der Waals surface area (Å²) >= 11 is 4.84. The fourth-order valence-corrected chi connectivity index (χ4v) is 1.66. The van der Waals surface area contributed by atoms with Gasteiger partial charge in [0, 0.05) is 6.54 Å². The van der Waals surface area contributed by atoms with Crippen LogP contribution in [0.3, 0.4) is 0 Å². The fraction of sp³-hybridized carbons (Fsp3) is 0.0833. The monoisotopic (exact) mass is 275 g/mol. The molecule has 0 saturated carbocycles. The minimum absolute atomic E-state index is 0.173. The van der Waals surface area contributed by atoms with Crippen LogP contribution in [0.2, 0.25) is 0 Å². The van der Waals surface area contributed by atoms with Gasteiger partial charge in [0.15, 0.2) is 0 Å². The van der Waals surface area contributed by atoms with Crippen LogP contribution in [0.1, 0.15) is 11.1 Å². The van der Waals surface area contributed by atoms with E-state index in [1.165, 1.54) is 6.20 Å². The first-order valence-electron chi connectivity index (χ1n) is 5.59. The largest absolute Gasteiger partial charge is 0.389 e. The number of carbonyl (C=O) groups excluding carboxylic acids is 1. The molecule has 0 saturated heterocycles. The van der Waals surface area contributed by atoms with E-state index in [-0.39, 0.29) is 11.0 Å². The number of nitrogens with two attached hydrogens (primary N) is 1. The number of aromatic nitrogens is 2. The Kier molecular flexibility index (Phi) is 4.09. The van der Waals surface area contributed by atoms with Crippen molar-refractivity contribution in [3.05, 3.63) is 47.7 Å². The Morgan fingerprint density at radius 3 is 2.79 bits per heavy atom. The van der Waals surface area contributed by atoms with Crippen LogP contribution < -0.4 is 16.4 Å². The number of aromatic amines is 1. The van der Waals surface area contributed by atoms with Crippen molar-refractivity contribution >= 4 is 29.1 Å². The van der Waals surface area contributed by atoms with Crippen LogP contribution in [0.25, 0.3) is 0 Å². The molecule has 0 aliphatic heterocycles. The van der Waals surface area contributed by atoms with E-state index >= 15 is 0 Å². The van der Waals surface area contributed by atoms with Gasteiger partial charge >= 0.3 is 6.03 Å². The molecule has 0 radical (unpaired) electrons. The highest BCUT2D eigenvalue weighted by atomic mass is 32.1. The number of amides is 2. The summed E-state index contributed by atoms with van der Waals surface area (Å²) in [6.07, 6.45) is 1.47. The SMILES string of the molecule is NC(=S)c1cn[nH]c1NC(=O)NCc1ccccc1. The summed E-state index contributed by atoms with van der Waals surface area (Å²) < 4.78 is 0. The Balaban J connectivity index is 1.91. The quantitative estimate of drug-likeness (QED) is 0.634. The summed E-state index contributed by atoms with van der Waals surface area (Å²) in [6, 6.07) is 9.24. The van der Waals surface area contributed by atoms with Crippen LogP contribution in [0.5, 0.6) is 0 Å². The second-order valence-electron chi connectivity index (χ2n) is 3.82. The van der Waals surface area contributed by atoms with Gasteiger partial charge in [-0.05, 0) is 5.56 Å². The maximum absolute atomic E-state index is 11.7. The Hall–Kier alpha value is -2.41. The second-order valence-corrected chi connectivity index (χ2v) is 4.26. The maximum Gasteiger partial charge on any atom is 0.320 e. The van der Waals surface area contributed by atoms with E-state index in [0.717, 1.165) is 5.56 Å². The van der Waals surface area contributed by atoms with Gasteiger partial charge in [0.25, 0.3) is 0 Å². The van der Waals surface area contributed by atoms with Gasteiger partial charge in [0.05, 0.1) is 11.8 Å². The number of nitrogens with zero attached hydrogens (tertiary/aromatic N) is 1. The van der Waals surface area contributed by atoms with Gasteiger partial charge in [-0.25, -0.2) is 4.79 Å². The van der Waals surface area contributed by atoms with Gasteiger partial charge < -0.3 is 11.1 Å². The molecule has 0 spiro atoms. The zero-order valence-corrected chi connectivity index (χ0v) is 10.8. The Morgan fingerprint density at radius 1 is 1.37 bits per heavy atom. The van der Waals surface area contributed by atoms with Gasteiger partial charge in [-0.2, -0.15) is 5.10 Å². The number of rotatable bonds is 4. The topological polar surface area (TPSA) is 95.8 Å². The molecule has 7 heteroatoms. The highest BCUT2D eigenvalue weighted by Gasteiger charge is 2.10. The number of hydrogen-bond acceptors (Lipinski definition) is 3. The minimum atomic E-state index is -0.356. The average Bonchev–Trinajstić information content (AvgIpc) is 2.86. The number of nitrogens with one attached hydrogen (secondary N) is 3. The van der Waals surface area contributed by atoms with Crippen molar-refractivity contribution in [1.82, 2.24) is 15.5 Å². The van der Waals surface area contributed by atoms with E-state index in [1.807, 2.05) is 30.3 Å². The van der Waals surface area contributed by atoms with Gasteiger partial charge in [-0.3, -0.25) is 10.4 Å². The molecule has 2 amide bonds. The predicted molar refractivity (Wildman–Crippen MR) is 76.8 cm³/mol. The lowest BCUT2D eigenvalue weighted by Crippen LogP contribution is -2.29. The van der Waals surface area contributed by atoms with Crippen LogP contribution in [0.15, 0.2) is 36.5 Å². The van der Waals surface area contributed by atoms with Crippen molar-refractivity contribution in [2.24, 2.45) is 5.73 Å². The number of anilines is 1. The number of H-pyrrole nitrogens is 1. The third-order valence-electron chi connectivity index (χ3n) is 2.44. The van der Waals surface area contributed by atoms with Crippen LogP contribution in [-0.4, -0.2) is 21.2 Å². The second kappa shape index (κ2) is 5.96. The molecule has 0 aliphatic rings. The van der Waals surface area contributed by atoms with Crippen molar-refractivity contribution in [2.75, 3.05) is 5.32 Å². The van der Waals surface area contributed by atoms with Gasteiger partial charge in [0.1, 0.15) is 10.8 Å². The Morgan fingerprint density at radius 2 is 2.11 bits per heavy atom. The van der Waals surface area contributed by atoms with E-state index in [2.05, 4.69) is 20.8 Å². The lowest BCUT2D eigenvalue weighted by Gasteiger charge is -2.07. The van der Waals surface area contributed by atoms with Gasteiger partial charge in [-0.15, -0.1) is 0 Å². The Bertz CT molecular complexity index is 581. The summed E-state index contributed by atoms with van der Waals surface area (Å²) in [7, 11) is 0. The third kappa shape index (κ3) is 3.52. The molecule has 1 aromatic carbocycles. The normalized spacial score (nSPS) is 9.89. The van der Waals surface area contributed by atoms with Gasteiger partial charge in [-0.1, -0.05) is 42.5 Å². The van der Waals surface area contributed by atoms with E-state index in [4.69, 9.17) is 18.0 Å². The van der Waals surface area contributed by atoms with Crippen molar-refractivity contribution < 1.29 is 4.79 Å². The molecule has 6 nitrogen and oxygen atoms in total. The summed E-state index contributed by atoms with van der Waals surface area (Å²) in [5.74, 6) is 0.387. The highest BCUT2D eigenvalue weighted by molar-refractivity contribution is 7.80. The van der Waals surface area contributed by atoms with Gasteiger partial charge in [0.2, 0.25) is 0 Å². The van der Waals surface area contributed by atoms with Crippen LogP contribution in [0, 0.1) is 0 Å².